The molecule has 0 aliphatic heterocycles. The Morgan fingerprint density at radius 1 is 1.27 bits per heavy atom. The predicted octanol–water partition coefficient (Wildman–Crippen LogP) is 1.77. The molecule has 80 valence electrons. The van der Waals surface area contributed by atoms with Crippen LogP contribution in [-0.2, 0) is 9.19 Å². The molecule has 1 aromatic carbocycles. The minimum atomic E-state index is -4.53. The number of hydrogen-bond donors (Lipinski definition) is 2. The van der Waals surface area contributed by atoms with Gasteiger partial charge in [-0.05, 0) is 11.1 Å². The molecule has 0 heterocycles. The van der Waals surface area contributed by atoms with Gasteiger partial charge in [-0.15, -0.1) is 0 Å². The van der Waals surface area contributed by atoms with Crippen molar-refractivity contribution >= 4 is 20.1 Å². The van der Waals surface area contributed by atoms with Crippen molar-refractivity contribution < 1.29 is 19.0 Å². The fraction of sp³-hybridized carbons (Fsp3) is 0. The van der Waals surface area contributed by atoms with Gasteiger partial charge >= 0.3 is 7.82 Å². The molecule has 0 unspecified atom stereocenters. The third-order valence-corrected chi connectivity index (χ3v) is 1.83. The maximum Gasteiger partial charge on any atom is 0.545 e. The minimum absolute atomic E-state index is 0.675. The summed E-state index contributed by atoms with van der Waals surface area (Å²) in [7, 11) is -4.53. The highest BCUT2D eigenvalue weighted by molar-refractivity contribution is 7.46. The van der Waals surface area contributed by atoms with Gasteiger partial charge in [-0.2, -0.15) is 0 Å². The molecular formula is C9H10NO4P. The molecule has 0 saturated carbocycles. The van der Waals surface area contributed by atoms with E-state index in [2.05, 4.69) is 16.4 Å². The van der Waals surface area contributed by atoms with Gasteiger partial charge in [-0.1, -0.05) is 42.1 Å². The maximum absolute atomic E-state index is 10.3. The Morgan fingerprint density at radius 3 is 2.27 bits per heavy atom. The number of phosphoric acid groups is 1. The van der Waals surface area contributed by atoms with Crippen molar-refractivity contribution in [2.24, 2.45) is 5.16 Å². The van der Waals surface area contributed by atoms with Gasteiger partial charge in [0.05, 0.1) is 6.21 Å². The SMILES string of the molecule is C=Cc1ccc(C=NOP(=O)(O)O)cc1. The summed E-state index contributed by atoms with van der Waals surface area (Å²) in [6.07, 6.45) is 2.90. The van der Waals surface area contributed by atoms with Gasteiger partial charge in [0.15, 0.2) is 0 Å². The van der Waals surface area contributed by atoms with Crippen molar-refractivity contribution in [3.05, 3.63) is 42.0 Å². The van der Waals surface area contributed by atoms with Crippen LogP contribution in [0.25, 0.3) is 6.08 Å². The van der Waals surface area contributed by atoms with Crippen LogP contribution < -0.4 is 0 Å². The van der Waals surface area contributed by atoms with Crippen LogP contribution in [0.3, 0.4) is 0 Å². The summed E-state index contributed by atoms with van der Waals surface area (Å²) in [5.41, 5.74) is 1.62. The van der Waals surface area contributed by atoms with Crippen LogP contribution in [0.2, 0.25) is 0 Å². The maximum atomic E-state index is 10.3. The first-order chi connectivity index (χ1) is 7.01. The molecule has 2 N–H and O–H groups in total. The van der Waals surface area contributed by atoms with E-state index in [-0.39, 0.29) is 0 Å². The van der Waals surface area contributed by atoms with E-state index in [1.54, 1.807) is 30.3 Å². The average molecular weight is 227 g/mol. The second-order valence-electron chi connectivity index (χ2n) is 2.68. The zero-order valence-corrected chi connectivity index (χ0v) is 8.67. The molecule has 0 atom stereocenters. The van der Waals surface area contributed by atoms with Crippen molar-refractivity contribution in [2.45, 2.75) is 0 Å². The lowest BCUT2D eigenvalue weighted by Crippen LogP contribution is -1.84. The molecule has 15 heavy (non-hydrogen) atoms. The minimum Gasteiger partial charge on any atom is -0.292 e. The first-order valence-corrected chi connectivity index (χ1v) is 5.54. The summed E-state index contributed by atoms with van der Waals surface area (Å²) in [6, 6.07) is 7.05. The Hall–Kier alpha value is -1.42. The second-order valence-corrected chi connectivity index (χ2v) is 3.82. The number of hydrogen-bond acceptors (Lipinski definition) is 3. The standard InChI is InChI=1S/C9H10NO4P/c1-2-8-3-5-9(6-4-8)7-10-14-15(11,12)13/h2-7H,1H2,(H2,11,12,13). The van der Waals surface area contributed by atoms with E-state index < -0.39 is 7.82 Å². The molecular weight excluding hydrogens is 217 g/mol. The Kier molecular flexibility index (Phi) is 3.80. The summed E-state index contributed by atoms with van der Waals surface area (Å²) < 4.78 is 14.2. The zero-order valence-electron chi connectivity index (χ0n) is 7.78. The quantitative estimate of drug-likeness (QED) is 0.466. The van der Waals surface area contributed by atoms with Gasteiger partial charge < -0.3 is 0 Å². The van der Waals surface area contributed by atoms with Crippen LogP contribution in [0.15, 0.2) is 36.0 Å². The van der Waals surface area contributed by atoms with E-state index in [0.717, 1.165) is 5.56 Å². The number of benzene rings is 1. The molecule has 1 rings (SSSR count). The summed E-state index contributed by atoms with van der Waals surface area (Å²) in [6.45, 7) is 3.59. The smallest absolute Gasteiger partial charge is 0.292 e. The number of nitrogens with zero attached hydrogens (tertiary/aromatic N) is 1. The molecule has 0 bridgehead atoms. The molecule has 0 aromatic heterocycles. The summed E-state index contributed by atoms with van der Waals surface area (Å²) in [5, 5.41) is 3.15. The van der Waals surface area contributed by atoms with Gasteiger partial charge in [-0.25, -0.2) is 4.57 Å². The van der Waals surface area contributed by atoms with Crippen molar-refractivity contribution in [1.29, 1.82) is 0 Å². The topological polar surface area (TPSA) is 79.1 Å². The highest BCUT2D eigenvalue weighted by Crippen LogP contribution is 2.35. The number of oxime groups is 1. The van der Waals surface area contributed by atoms with E-state index in [0.29, 0.717) is 5.56 Å². The third-order valence-electron chi connectivity index (χ3n) is 1.53. The first-order valence-electron chi connectivity index (χ1n) is 4.01. The average Bonchev–Trinajstić information content (AvgIpc) is 2.17. The lowest BCUT2D eigenvalue weighted by Gasteiger charge is -1.98. The van der Waals surface area contributed by atoms with Crippen molar-refractivity contribution in [2.75, 3.05) is 0 Å². The second kappa shape index (κ2) is 4.89. The fourth-order valence-electron chi connectivity index (χ4n) is 0.864. The molecule has 0 saturated heterocycles. The van der Waals surface area contributed by atoms with E-state index in [1.807, 2.05) is 0 Å². The summed E-state index contributed by atoms with van der Waals surface area (Å²) >= 11 is 0. The molecule has 0 aliphatic carbocycles. The normalized spacial score (nSPS) is 11.6. The van der Waals surface area contributed by atoms with Gasteiger partial charge in [0.2, 0.25) is 0 Å². The fourth-order valence-corrected chi connectivity index (χ4v) is 1.03. The van der Waals surface area contributed by atoms with E-state index in [1.165, 1.54) is 6.21 Å². The molecule has 5 nitrogen and oxygen atoms in total. The number of rotatable bonds is 4. The highest BCUT2D eigenvalue weighted by atomic mass is 31.2. The van der Waals surface area contributed by atoms with Gasteiger partial charge in [0.1, 0.15) is 0 Å². The van der Waals surface area contributed by atoms with Crippen molar-refractivity contribution in [3.8, 4) is 0 Å². The van der Waals surface area contributed by atoms with Gasteiger partial charge in [0, 0.05) is 0 Å². The van der Waals surface area contributed by atoms with Gasteiger partial charge in [-0.3, -0.25) is 14.4 Å². The molecule has 0 amide bonds. The molecule has 0 aliphatic rings. The first kappa shape index (κ1) is 11.7. The lowest BCUT2D eigenvalue weighted by atomic mass is 10.1. The van der Waals surface area contributed by atoms with Crippen molar-refractivity contribution in [1.82, 2.24) is 0 Å². The molecule has 0 fully saturated rings. The third kappa shape index (κ3) is 4.56. The zero-order chi connectivity index (χ0) is 11.3. The van der Waals surface area contributed by atoms with Crippen molar-refractivity contribution in [3.63, 3.8) is 0 Å². The van der Waals surface area contributed by atoms with Gasteiger partial charge in [0.25, 0.3) is 0 Å². The summed E-state index contributed by atoms with van der Waals surface area (Å²) in [4.78, 5) is 16.7. The molecule has 0 radical (unpaired) electrons. The Labute approximate surface area is 86.9 Å². The van der Waals surface area contributed by atoms with Crippen LogP contribution in [0, 0.1) is 0 Å². The molecule has 1 aromatic rings. The van der Waals surface area contributed by atoms with Crippen LogP contribution >= 0.6 is 7.82 Å². The van der Waals surface area contributed by atoms with E-state index in [4.69, 9.17) is 9.79 Å². The summed E-state index contributed by atoms with van der Waals surface area (Å²) in [5.74, 6) is 0. The Balaban J connectivity index is 2.65. The monoisotopic (exact) mass is 227 g/mol. The highest BCUT2D eigenvalue weighted by Gasteiger charge is 2.13. The van der Waals surface area contributed by atoms with Crippen LogP contribution in [0.5, 0.6) is 0 Å². The Morgan fingerprint density at radius 2 is 1.80 bits per heavy atom. The molecule has 6 heteroatoms. The predicted molar refractivity (Wildman–Crippen MR) is 57.3 cm³/mol. The van der Waals surface area contributed by atoms with Crippen LogP contribution in [-0.4, -0.2) is 16.0 Å². The lowest BCUT2D eigenvalue weighted by molar-refractivity contribution is 0.206. The molecule has 0 spiro atoms. The Bertz CT molecular complexity index is 407. The van der Waals surface area contributed by atoms with Crippen LogP contribution in [0.1, 0.15) is 11.1 Å². The van der Waals surface area contributed by atoms with E-state index >= 15 is 0 Å². The largest absolute Gasteiger partial charge is 0.545 e. The van der Waals surface area contributed by atoms with Crippen LogP contribution in [0.4, 0.5) is 0 Å². The van der Waals surface area contributed by atoms with E-state index in [9.17, 15) is 4.57 Å².